The van der Waals surface area contributed by atoms with Crippen LogP contribution in [0.2, 0.25) is 0 Å². The first kappa shape index (κ1) is 11.9. The highest BCUT2D eigenvalue weighted by Gasteiger charge is 2.45. The Bertz CT molecular complexity index is 435. The average molecular weight is 230 g/mol. The van der Waals surface area contributed by atoms with Crippen molar-refractivity contribution in [3.63, 3.8) is 0 Å². The van der Waals surface area contributed by atoms with Crippen molar-refractivity contribution in [3.8, 4) is 0 Å². The molecule has 1 saturated heterocycles. The van der Waals surface area contributed by atoms with E-state index in [4.69, 9.17) is 4.74 Å². The Balaban J connectivity index is 2.08. The lowest BCUT2D eigenvalue weighted by Gasteiger charge is -2.18. The number of esters is 1. The molecule has 17 heavy (non-hydrogen) atoms. The van der Waals surface area contributed by atoms with Crippen molar-refractivity contribution in [1.29, 1.82) is 0 Å². The van der Waals surface area contributed by atoms with E-state index in [9.17, 15) is 4.79 Å². The number of hydrogen-bond acceptors (Lipinski definition) is 2. The minimum absolute atomic E-state index is 0.0217. The van der Waals surface area contributed by atoms with E-state index in [1.54, 1.807) is 0 Å². The summed E-state index contributed by atoms with van der Waals surface area (Å²) in [6, 6.07) is 10.1. The maximum absolute atomic E-state index is 11.9. The number of carbonyl (C=O) groups excluding carboxylic acids is 1. The van der Waals surface area contributed by atoms with Crippen LogP contribution in [-0.2, 0) is 16.0 Å². The van der Waals surface area contributed by atoms with Gasteiger partial charge in [0.2, 0.25) is 0 Å². The van der Waals surface area contributed by atoms with Crippen molar-refractivity contribution in [3.05, 3.63) is 48.0 Å². The lowest BCUT2D eigenvalue weighted by atomic mass is 9.80. The zero-order valence-corrected chi connectivity index (χ0v) is 10.4. The van der Waals surface area contributed by atoms with E-state index in [-0.39, 0.29) is 12.1 Å². The summed E-state index contributed by atoms with van der Waals surface area (Å²) in [5.41, 5.74) is 1.59. The molecular formula is C15H18O2. The summed E-state index contributed by atoms with van der Waals surface area (Å²) in [5.74, 6) is -0.133. The molecule has 0 aromatic heterocycles. The van der Waals surface area contributed by atoms with Crippen LogP contribution in [0.4, 0.5) is 0 Å². The Morgan fingerprint density at radius 3 is 2.65 bits per heavy atom. The van der Waals surface area contributed by atoms with Gasteiger partial charge in [-0.3, -0.25) is 4.79 Å². The van der Waals surface area contributed by atoms with Gasteiger partial charge < -0.3 is 4.74 Å². The molecule has 1 aliphatic rings. The Kier molecular flexibility index (Phi) is 3.05. The maximum Gasteiger partial charge on any atom is 0.316 e. The van der Waals surface area contributed by atoms with Crippen LogP contribution in [0.1, 0.15) is 25.8 Å². The number of carbonyl (C=O) groups is 1. The molecule has 0 saturated carbocycles. The normalized spacial score (nSPS) is 27.9. The molecule has 1 aliphatic heterocycles. The summed E-state index contributed by atoms with van der Waals surface area (Å²) >= 11 is 0. The van der Waals surface area contributed by atoms with Crippen molar-refractivity contribution in [2.45, 2.75) is 32.8 Å². The van der Waals surface area contributed by atoms with E-state index in [1.807, 2.05) is 32.0 Å². The lowest BCUT2D eigenvalue weighted by molar-refractivity contribution is -0.146. The maximum atomic E-state index is 11.9. The van der Waals surface area contributed by atoms with E-state index in [0.29, 0.717) is 0 Å². The fourth-order valence-electron chi connectivity index (χ4n) is 2.20. The molecule has 0 N–H and O–H groups in total. The third-order valence-corrected chi connectivity index (χ3v) is 3.61. The van der Waals surface area contributed by atoms with Gasteiger partial charge in [0.1, 0.15) is 6.10 Å². The highest BCUT2D eigenvalue weighted by Crippen LogP contribution is 2.40. The van der Waals surface area contributed by atoms with Crippen LogP contribution in [0.15, 0.2) is 42.5 Å². The smallest absolute Gasteiger partial charge is 0.316 e. The first-order valence-corrected chi connectivity index (χ1v) is 5.93. The molecule has 0 aliphatic carbocycles. The Morgan fingerprint density at radius 2 is 2.12 bits per heavy atom. The number of rotatable bonds is 3. The lowest BCUT2D eigenvalue weighted by Crippen LogP contribution is -2.23. The van der Waals surface area contributed by atoms with Crippen LogP contribution < -0.4 is 0 Å². The Morgan fingerprint density at radius 1 is 1.47 bits per heavy atom. The van der Waals surface area contributed by atoms with Crippen LogP contribution >= 0.6 is 0 Å². The highest BCUT2D eigenvalue weighted by atomic mass is 16.6. The Labute approximate surface area is 102 Å². The molecule has 1 fully saturated rings. The molecule has 0 spiro atoms. The molecule has 1 heterocycles. The van der Waals surface area contributed by atoms with Gasteiger partial charge in [-0.25, -0.2) is 0 Å². The zero-order chi connectivity index (χ0) is 12.5. The van der Waals surface area contributed by atoms with Gasteiger partial charge in [-0.1, -0.05) is 42.5 Å². The number of ether oxygens (including phenoxy) is 1. The molecule has 0 amide bonds. The predicted molar refractivity (Wildman–Crippen MR) is 67.6 cm³/mol. The summed E-state index contributed by atoms with van der Waals surface area (Å²) in [6.07, 6.45) is 1.50. The number of cyclic esters (lactones) is 1. The van der Waals surface area contributed by atoms with Crippen molar-refractivity contribution < 1.29 is 9.53 Å². The molecule has 1 aromatic carbocycles. The molecule has 90 valence electrons. The fraction of sp³-hybridized carbons (Fsp3) is 0.400. The topological polar surface area (TPSA) is 26.3 Å². The summed E-state index contributed by atoms with van der Waals surface area (Å²) in [4.78, 5) is 11.9. The molecule has 2 rings (SSSR count). The van der Waals surface area contributed by atoms with E-state index in [2.05, 4.69) is 18.7 Å². The molecule has 1 aromatic rings. The summed E-state index contributed by atoms with van der Waals surface area (Å²) in [5, 5.41) is 0. The number of hydrogen-bond donors (Lipinski definition) is 0. The van der Waals surface area contributed by atoms with Gasteiger partial charge in [0.05, 0.1) is 5.41 Å². The standard InChI is InChI=1S/C15H18O2/c1-11(2)15(3)10-13(17-14(15)16)9-12-7-5-4-6-8-12/h4-8,13H,1,9-10H2,2-3H3/t13-,15-/m1/s1. The second-order valence-electron chi connectivity index (χ2n) is 5.03. The van der Waals surface area contributed by atoms with Gasteiger partial charge in [-0.05, 0) is 19.4 Å². The van der Waals surface area contributed by atoms with E-state index in [1.165, 1.54) is 5.56 Å². The van der Waals surface area contributed by atoms with E-state index >= 15 is 0 Å². The van der Waals surface area contributed by atoms with Gasteiger partial charge in [0, 0.05) is 12.8 Å². The van der Waals surface area contributed by atoms with Gasteiger partial charge in [-0.15, -0.1) is 0 Å². The zero-order valence-electron chi connectivity index (χ0n) is 10.4. The van der Waals surface area contributed by atoms with Crippen molar-refractivity contribution >= 4 is 5.97 Å². The highest BCUT2D eigenvalue weighted by molar-refractivity contribution is 5.82. The summed E-state index contributed by atoms with van der Waals surface area (Å²) in [7, 11) is 0. The van der Waals surface area contributed by atoms with Crippen LogP contribution in [0.3, 0.4) is 0 Å². The monoisotopic (exact) mass is 230 g/mol. The molecule has 2 nitrogen and oxygen atoms in total. The SMILES string of the molecule is C=C(C)[C@@]1(C)C[C@@H](Cc2ccccc2)OC1=O. The van der Waals surface area contributed by atoms with Crippen LogP contribution in [0, 0.1) is 5.41 Å². The third kappa shape index (κ3) is 2.26. The Hall–Kier alpha value is -1.57. The van der Waals surface area contributed by atoms with Gasteiger partial charge in [-0.2, -0.15) is 0 Å². The fourth-order valence-corrected chi connectivity index (χ4v) is 2.20. The molecule has 0 radical (unpaired) electrons. The molecule has 0 bridgehead atoms. The largest absolute Gasteiger partial charge is 0.461 e. The van der Waals surface area contributed by atoms with Crippen molar-refractivity contribution in [2.75, 3.05) is 0 Å². The summed E-state index contributed by atoms with van der Waals surface area (Å²) < 4.78 is 5.44. The predicted octanol–water partition coefficient (Wildman–Crippen LogP) is 3.13. The minimum atomic E-state index is -0.501. The molecule has 2 heteroatoms. The van der Waals surface area contributed by atoms with Crippen LogP contribution in [0.5, 0.6) is 0 Å². The van der Waals surface area contributed by atoms with Gasteiger partial charge >= 0.3 is 5.97 Å². The number of benzene rings is 1. The van der Waals surface area contributed by atoms with Gasteiger partial charge in [0.15, 0.2) is 0 Å². The van der Waals surface area contributed by atoms with Crippen LogP contribution in [-0.4, -0.2) is 12.1 Å². The van der Waals surface area contributed by atoms with E-state index < -0.39 is 5.41 Å². The quantitative estimate of drug-likeness (QED) is 0.589. The second kappa shape index (κ2) is 4.36. The second-order valence-corrected chi connectivity index (χ2v) is 5.03. The summed E-state index contributed by atoms with van der Waals surface area (Å²) in [6.45, 7) is 7.71. The first-order valence-electron chi connectivity index (χ1n) is 5.93. The van der Waals surface area contributed by atoms with Crippen LogP contribution in [0.25, 0.3) is 0 Å². The van der Waals surface area contributed by atoms with Crippen molar-refractivity contribution in [1.82, 2.24) is 0 Å². The molecular weight excluding hydrogens is 212 g/mol. The molecule has 0 unspecified atom stereocenters. The van der Waals surface area contributed by atoms with Gasteiger partial charge in [0.25, 0.3) is 0 Å². The van der Waals surface area contributed by atoms with E-state index in [0.717, 1.165) is 18.4 Å². The van der Waals surface area contributed by atoms with Crippen molar-refractivity contribution in [2.24, 2.45) is 5.41 Å². The first-order chi connectivity index (χ1) is 8.02. The average Bonchev–Trinajstić information content (AvgIpc) is 2.57. The molecule has 2 atom stereocenters. The minimum Gasteiger partial charge on any atom is -0.461 e. The third-order valence-electron chi connectivity index (χ3n) is 3.61.